The lowest BCUT2D eigenvalue weighted by Gasteiger charge is -2.18. The van der Waals surface area contributed by atoms with Gasteiger partial charge >= 0.3 is 0 Å². The topological polar surface area (TPSA) is 12.0 Å². The zero-order valence-corrected chi connectivity index (χ0v) is 11.0. The van der Waals surface area contributed by atoms with Crippen LogP contribution in [0, 0.1) is 30.2 Å². The van der Waals surface area contributed by atoms with Gasteiger partial charge in [0.2, 0.25) is 0 Å². The van der Waals surface area contributed by atoms with Gasteiger partial charge in [0, 0.05) is 5.56 Å². The first-order valence-corrected chi connectivity index (χ1v) is 6.07. The van der Waals surface area contributed by atoms with Crippen LogP contribution in [0.4, 0.5) is 23.2 Å². The lowest BCUT2D eigenvalue weighted by Crippen LogP contribution is -2.13. The van der Waals surface area contributed by atoms with E-state index in [2.05, 4.69) is 5.32 Å². The summed E-state index contributed by atoms with van der Waals surface area (Å²) in [6.07, 6.45) is 0. The average Bonchev–Trinajstić information content (AvgIpc) is 2.39. The highest BCUT2D eigenvalue weighted by atomic mass is 19.1. The van der Waals surface area contributed by atoms with E-state index in [1.165, 1.54) is 26.0 Å². The summed E-state index contributed by atoms with van der Waals surface area (Å²) >= 11 is 0. The molecule has 1 N–H and O–H groups in total. The average molecular weight is 283 g/mol. The highest BCUT2D eigenvalue weighted by Crippen LogP contribution is 2.28. The van der Waals surface area contributed by atoms with Crippen LogP contribution in [0.3, 0.4) is 0 Å². The molecule has 0 heterocycles. The summed E-state index contributed by atoms with van der Waals surface area (Å²) in [6, 6.07) is 4.91. The molecule has 0 amide bonds. The maximum Gasteiger partial charge on any atom is 0.152 e. The van der Waals surface area contributed by atoms with E-state index in [-0.39, 0.29) is 16.8 Å². The summed E-state index contributed by atoms with van der Waals surface area (Å²) in [4.78, 5) is 0. The molecule has 5 heteroatoms. The molecule has 106 valence electrons. The van der Waals surface area contributed by atoms with Crippen molar-refractivity contribution >= 4 is 5.69 Å². The third kappa shape index (κ3) is 2.61. The molecule has 0 aromatic heterocycles. The van der Waals surface area contributed by atoms with Crippen molar-refractivity contribution in [1.29, 1.82) is 0 Å². The van der Waals surface area contributed by atoms with Crippen LogP contribution < -0.4 is 5.32 Å². The molecule has 2 aromatic rings. The van der Waals surface area contributed by atoms with Crippen molar-refractivity contribution in [1.82, 2.24) is 0 Å². The maximum atomic E-state index is 13.8. The van der Waals surface area contributed by atoms with Gasteiger partial charge in [-0.05, 0) is 37.6 Å². The molecule has 1 nitrogen and oxygen atoms in total. The van der Waals surface area contributed by atoms with Gasteiger partial charge in [0.05, 0.1) is 6.04 Å². The first-order chi connectivity index (χ1) is 9.41. The second-order valence-corrected chi connectivity index (χ2v) is 4.55. The highest BCUT2D eigenvalue weighted by Gasteiger charge is 2.19. The largest absolute Gasteiger partial charge is 0.374 e. The van der Waals surface area contributed by atoms with Crippen molar-refractivity contribution in [3.8, 4) is 0 Å². The highest BCUT2D eigenvalue weighted by molar-refractivity contribution is 5.50. The fraction of sp³-hybridized carbons (Fsp3) is 0.200. The van der Waals surface area contributed by atoms with E-state index in [1.54, 1.807) is 0 Å². The minimum atomic E-state index is -0.915. The van der Waals surface area contributed by atoms with Crippen LogP contribution >= 0.6 is 0 Å². The van der Waals surface area contributed by atoms with Gasteiger partial charge in [0.15, 0.2) is 5.82 Å². The van der Waals surface area contributed by atoms with Crippen molar-refractivity contribution in [3.05, 3.63) is 64.7 Å². The minimum absolute atomic E-state index is 0.245. The molecule has 0 saturated heterocycles. The monoisotopic (exact) mass is 283 g/mol. The van der Waals surface area contributed by atoms with Crippen LogP contribution in [-0.4, -0.2) is 0 Å². The Morgan fingerprint density at radius 3 is 2.10 bits per heavy atom. The lowest BCUT2D eigenvalue weighted by atomic mass is 10.1. The van der Waals surface area contributed by atoms with Gasteiger partial charge in [-0.25, -0.2) is 17.6 Å². The Kier molecular flexibility index (Phi) is 3.97. The minimum Gasteiger partial charge on any atom is -0.374 e. The van der Waals surface area contributed by atoms with Gasteiger partial charge in [-0.3, -0.25) is 0 Å². The molecule has 0 aliphatic rings. The fourth-order valence-electron chi connectivity index (χ4n) is 2.00. The van der Waals surface area contributed by atoms with E-state index in [0.717, 1.165) is 18.2 Å². The molecular weight excluding hydrogens is 270 g/mol. The van der Waals surface area contributed by atoms with Gasteiger partial charge < -0.3 is 5.32 Å². The molecule has 0 aliphatic carbocycles. The van der Waals surface area contributed by atoms with E-state index in [9.17, 15) is 17.6 Å². The molecule has 2 aromatic carbocycles. The van der Waals surface area contributed by atoms with Crippen molar-refractivity contribution < 1.29 is 17.6 Å². The second kappa shape index (κ2) is 5.53. The molecule has 0 bridgehead atoms. The predicted octanol–water partition coefficient (Wildman–Crippen LogP) is 4.72. The van der Waals surface area contributed by atoms with E-state index >= 15 is 0 Å². The van der Waals surface area contributed by atoms with Crippen molar-refractivity contribution in [3.63, 3.8) is 0 Å². The maximum absolute atomic E-state index is 13.8. The molecule has 20 heavy (non-hydrogen) atoms. The molecule has 2 rings (SSSR count). The number of benzene rings is 2. The van der Waals surface area contributed by atoms with Gasteiger partial charge in [-0.2, -0.15) is 0 Å². The van der Waals surface area contributed by atoms with Crippen LogP contribution in [0.25, 0.3) is 0 Å². The third-order valence-electron chi connectivity index (χ3n) is 3.08. The SMILES string of the molecule is Cc1ccc(F)c(NC(C)c2c(F)cccc2F)c1F. The zero-order valence-electron chi connectivity index (χ0n) is 11.0. The molecule has 0 aliphatic heterocycles. The van der Waals surface area contributed by atoms with Gasteiger partial charge in [-0.15, -0.1) is 0 Å². The first kappa shape index (κ1) is 14.4. The van der Waals surface area contributed by atoms with E-state index < -0.39 is 29.3 Å². The Morgan fingerprint density at radius 2 is 1.50 bits per heavy atom. The molecule has 0 radical (unpaired) electrons. The number of anilines is 1. The number of halogens is 4. The summed E-state index contributed by atoms with van der Waals surface area (Å²) in [6.45, 7) is 2.91. The van der Waals surface area contributed by atoms with Crippen LogP contribution in [-0.2, 0) is 0 Å². The molecule has 1 atom stereocenters. The quantitative estimate of drug-likeness (QED) is 0.803. The van der Waals surface area contributed by atoms with E-state index in [1.807, 2.05) is 0 Å². The van der Waals surface area contributed by atoms with Crippen molar-refractivity contribution in [2.24, 2.45) is 0 Å². The lowest BCUT2D eigenvalue weighted by molar-refractivity contribution is 0.538. The van der Waals surface area contributed by atoms with E-state index in [4.69, 9.17) is 0 Å². The summed E-state index contributed by atoms with van der Waals surface area (Å²) in [5, 5.41) is 2.49. The Hall–Kier alpha value is -2.04. The summed E-state index contributed by atoms with van der Waals surface area (Å²) in [5.74, 6) is -3.11. The van der Waals surface area contributed by atoms with E-state index in [0.29, 0.717) is 0 Å². The third-order valence-corrected chi connectivity index (χ3v) is 3.08. The summed E-state index contributed by atoms with van der Waals surface area (Å²) in [7, 11) is 0. The number of aryl methyl sites for hydroxylation is 1. The first-order valence-electron chi connectivity index (χ1n) is 6.07. The molecule has 0 spiro atoms. The van der Waals surface area contributed by atoms with Crippen molar-refractivity contribution in [2.45, 2.75) is 19.9 Å². The number of hydrogen-bond donors (Lipinski definition) is 1. The van der Waals surface area contributed by atoms with Crippen LogP contribution in [0.2, 0.25) is 0 Å². The summed E-state index contributed by atoms with van der Waals surface area (Å²) in [5.41, 5.74) is -0.400. The van der Waals surface area contributed by atoms with Crippen LogP contribution in [0.1, 0.15) is 24.1 Å². The standard InChI is InChI=1S/C15H13F4N/c1-8-6-7-12(18)15(14(8)19)20-9(2)13-10(16)4-3-5-11(13)17/h3-7,9,20H,1-2H3. The molecule has 0 fully saturated rings. The fourth-order valence-corrected chi connectivity index (χ4v) is 2.00. The normalized spacial score (nSPS) is 12.3. The molecule has 0 saturated carbocycles. The number of rotatable bonds is 3. The number of nitrogens with one attached hydrogen (secondary N) is 1. The molecular formula is C15H13F4N. The van der Waals surface area contributed by atoms with Crippen LogP contribution in [0.15, 0.2) is 30.3 Å². The smallest absolute Gasteiger partial charge is 0.152 e. The zero-order chi connectivity index (χ0) is 14.9. The summed E-state index contributed by atoms with van der Waals surface area (Å²) < 4.78 is 54.7. The Labute approximate surface area is 114 Å². The Balaban J connectivity index is 2.38. The number of hydrogen-bond acceptors (Lipinski definition) is 1. The Morgan fingerprint density at radius 1 is 0.900 bits per heavy atom. The Bertz CT molecular complexity index is 620. The van der Waals surface area contributed by atoms with Crippen molar-refractivity contribution in [2.75, 3.05) is 5.32 Å². The van der Waals surface area contributed by atoms with Gasteiger partial charge in [0.25, 0.3) is 0 Å². The van der Waals surface area contributed by atoms with Gasteiger partial charge in [-0.1, -0.05) is 12.1 Å². The van der Waals surface area contributed by atoms with Gasteiger partial charge in [0.1, 0.15) is 23.1 Å². The second-order valence-electron chi connectivity index (χ2n) is 4.55. The molecule has 1 unspecified atom stereocenters. The van der Waals surface area contributed by atoms with Crippen LogP contribution in [0.5, 0.6) is 0 Å². The predicted molar refractivity (Wildman–Crippen MR) is 69.5 cm³/mol.